The summed E-state index contributed by atoms with van der Waals surface area (Å²) in [5, 5.41) is 7.62. The summed E-state index contributed by atoms with van der Waals surface area (Å²) in [6.45, 7) is 3.48. The highest BCUT2D eigenvalue weighted by atomic mass is 35.5. The fourth-order valence-corrected chi connectivity index (χ4v) is 3.79. The maximum absolute atomic E-state index is 4.24. The molecule has 2 aromatic rings. The van der Waals surface area contributed by atoms with Crippen molar-refractivity contribution in [3.05, 3.63) is 29.4 Å². The summed E-state index contributed by atoms with van der Waals surface area (Å²) in [6.07, 6.45) is 6.54. The van der Waals surface area contributed by atoms with Gasteiger partial charge in [-0.15, -0.1) is 23.7 Å². The van der Waals surface area contributed by atoms with E-state index in [1.165, 1.54) is 41.2 Å². The van der Waals surface area contributed by atoms with Crippen LogP contribution in [0.25, 0.3) is 10.4 Å². The summed E-state index contributed by atoms with van der Waals surface area (Å²) in [7, 11) is 4.03. The van der Waals surface area contributed by atoms with Gasteiger partial charge in [0, 0.05) is 41.1 Å². The molecule has 0 aromatic carbocycles. The molecule has 4 nitrogen and oxygen atoms in total. The number of thiophene rings is 1. The van der Waals surface area contributed by atoms with Crippen molar-refractivity contribution >= 4 is 23.7 Å². The highest BCUT2D eigenvalue weighted by Crippen LogP contribution is 2.28. The summed E-state index contributed by atoms with van der Waals surface area (Å²) >= 11 is 1.89. The minimum absolute atomic E-state index is 0. The van der Waals surface area contributed by atoms with Crippen LogP contribution in [0.5, 0.6) is 0 Å². The van der Waals surface area contributed by atoms with E-state index >= 15 is 0 Å². The molecular formula is C15H23ClN4S. The molecule has 0 bridgehead atoms. The number of likely N-dealkylation sites (tertiary alicyclic amines) is 1. The second kappa shape index (κ2) is 7.40. The van der Waals surface area contributed by atoms with Crippen molar-refractivity contribution in [1.29, 1.82) is 0 Å². The van der Waals surface area contributed by atoms with Gasteiger partial charge in [0.25, 0.3) is 0 Å². The molecule has 3 heterocycles. The van der Waals surface area contributed by atoms with Crippen LogP contribution in [0.15, 0.2) is 24.5 Å². The third-order valence-corrected chi connectivity index (χ3v) is 5.15. The third-order valence-electron chi connectivity index (χ3n) is 4.03. The molecule has 2 aromatic heterocycles. The molecule has 1 aliphatic heterocycles. The van der Waals surface area contributed by atoms with Crippen LogP contribution in [0.3, 0.4) is 0 Å². The van der Waals surface area contributed by atoms with Crippen LogP contribution >= 0.6 is 23.7 Å². The Balaban J connectivity index is 0.00000161. The Labute approximate surface area is 136 Å². The van der Waals surface area contributed by atoms with Crippen LogP contribution in [0.4, 0.5) is 0 Å². The number of halogens is 1. The monoisotopic (exact) mass is 326 g/mol. The Morgan fingerprint density at radius 3 is 2.71 bits per heavy atom. The third kappa shape index (κ3) is 4.07. The van der Waals surface area contributed by atoms with E-state index in [4.69, 9.17) is 0 Å². The lowest BCUT2D eigenvalue weighted by Crippen LogP contribution is -2.40. The Hall–Kier alpha value is -0.880. The standard InChI is InChI=1S/C15H22N4S.ClH/c1-16-13-5-7-19(8-6-13)11-14-3-4-15(20-14)12-9-17-18(2)10-12;/h3-4,9-10,13,16H,5-8,11H2,1-2H3;1H. The van der Waals surface area contributed by atoms with Crippen LogP contribution in [0.2, 0.25) is 0 Å². The molecule has 0 aliphatic carbocycles. The molecule has 3 rings (SSSR count). The molecule has 21 heavy (non-hydrogen) atoms. The van der Waals surface area contributed by atoms with Crippen molar-refractivity contribution in [2.24, 2.45) is 7.05 Å². The maximum Gasteiger partial charge on any atom is 0.0576 e. The first-order chi connectivity index (χ1) is 9.74. The molecule has 0 amide bonds. The molecule has 0 atom stereocenters. The highest BCUT2D eigenvalue weighted by Gasteiger charge is 2.18. The van der Waals surface area contributed by atoms with Gasteiger partial charge in [0.05, 0.1) is 6.20 Å². The minimum atomic E-state index is 0. The van der Waals surface area contributed by atoms with Crippen molar-refractivity contribution in [3.63, 3.8) is 0 Å². The van der Waals surface area contributed by atoms with E-state index in [9.17, 15) is 0 Å². The van der Waals surface area contributed by atoms with Gasteiger partial charge in [-0.05, 0) is 45.1 Å². The number of nitrogens with one attached hydrogen (secondary N) is 1. The number of aromatic nitrogens is 2. The Morgan fingerprint density at radius 2 is 2.10 bits per heavy atom. The second-order valence-corrected chi connectivity index (χ2v) is 6.68. The van der Waals surface area contributed by atoms with Gasteiger partial charge in [0.15, 0.2) is 0 Å². The van der Waals surface area contributed by atoms with Crippen LogP contribution in [-0.2, 0) is 13.6 Å². The molecule has 0 spiro atoms. The largest absolute Gasteiger partial charge is 0.317 e. The molecule has 1 aliphatic rings. The first-order valence-electron chi connectivity index (χ1n) is 7.22. The quantitative estimate of drug-likeness (QED) is 0.938. The van der Waals surface area contributed by atoms with E-state index in [-0.39, 0.29) is 12.4 Å². The van der Waals surface area contributed by atoms with Gasteiger partial charge < -0.3 is 5.32 Å². The molecule has 0 unspecified atom stereocenters. The number of piperidine rings is 1. The Bertz CT molecular complexity index is 558. The van der Waals surface area contributed by atoms with Crippen LogP contribution < -0.4 is 5.32 Å². The van der Waals surface area contributed by atoms with E-state index in [1.807, 2.05) is 29.3 Å². The first-order valence-corrected chi connectivity index (χ1v) is 8.03. The van der Waals surface area contributed by atoms with Crippen molar-refractivity contribution < 1.29 is 0 Å². The lowest BCUT2D eigenvalue weighted by molar-refractivity contribution is 0.196. The fraction of sp³-hybridized carbons (Fsp3) is 0.533. The zero-order valence-electron chi connectivity index (χ0n) is 12.6. The summed E-state index contributed by atoms with van der Waals surface area (Å²) in [5.41, 5.74) is 1.22. The maximum atomic E-state index is 4.24. The van der Waals surface area contributed by atoms with Gasteiger partial charge >= 0.3 is 0 Å². The average molecular weight is 327 g/mol. The van der Waals surface area contributed by atoms with Gasteiger partial charge in [0.1, 0.15) is 0 Å². The molecule has 1 saturated heterocycles. The van der Waals surface area contributed by atoms with Gasteiger partial charge in [-0.3, -0.25) is 9.58 Å². The van der Waals surface area contributed by atoms with E-state index in [2.05, 4.69) is 40.7 Å². The van der Waals surface area contributed by atoms with Crippen LogP contribution in [0, 0.1) is 0 Å². The van der Waals surface area contributed by atoms with Crippen molar-refractivity contribution in [1.82, 2.24) is 20.0 Å². The SMILES string of the molecule is CNC1CCN(Cc2ccc(-c3cnn(C)c3)s2)CC1.Cl. The fourth-order valence-electron chi connectivity index (χ4n) is 2.77. The van der Waals surface area contributed by atoms with Gasteiger partial charge in [0.2, 0.25) is 0 Å². The normalized spacial score (nSPS) is 16.9. The number of hydrogen-bond acceptors (Lipinski definition) is 4. The van der Waals surface area contributed by atoms with E-state index in [1.54, 1.807) is 0 Å². The summed E-state index contributed by atoms with van der Waals surface area (Å²) in [6, 6.07) is 5.19. The number of hydrogen-bond donors (Lipinski definition) is 1. The lowest BCUT2D eigenvalue weighted by Gasteiger charge is -2.31. The van der Waals surface area contributed by atoms with E-state index < -0.39 is 0 Å². The molecule has 116 valence electrons. The molecule has 6 heteroatoms. The van der Waals surface area contributed by atoms with Crippen LogP contribution in [-0.4, -0.2) is 40.9 Å². The van der Waals surface area contributed by atoms with E-state index in [0.717, 1.165) is 6.54 Å². The van der Waals surface area contributed by atoms with Gasteiger partial charge in [-0.2, -0.15) is 5.10 Å². The molecule has 1 N–H and O–H groups in total. The summed E-state index contributed by atoms with van der Waals surface area (Å²) in [4.78, 5) is 5.33. The molecule has 0 radical (unpaired) electrons. The first kappa shape index (κ1) is 16.5. The van der Waals surface area contributed by atoms with Gasteiger partial charge in [-0.25, -0.2) is 0 Å². The zero-order chi connectivity index (χ0) is 13.9. The number of rotatable bonds is 4. The van der Waals surface area contributed by atoms with Crippen LogP contribution in [0.1, 0.15) is 17.7 Å². The second-order valence-electron chi connectivity index (χ2n) is 5.51. The smallest absolute Gasteiger partial charge is 0.0576 e. The van der Waals surface area contributed by atoms with Gasteiger partial charge in [-0.1, -0.05) is 0 Å². The Morgan fingerprint density at radius 1 is 1.33 bits per heavy atom. The van der Waals surface area contributed by atoms with E-state index in [0.29, 0.717) is 6.04 Å². The van der Waals surface area contributed by atoms with Crippen molar-refractivity contribution in [2.75, 3.05) is 20.1 Å². The van der Waals surface area contributed by atoms with Crippen molar-refractivity contribution in [2.45, 2.75) is 25.4 Å². The lowest BCUT2D eigenvalue weighted by atomic mass is 10.1. The summed E-state index contributed by atoms with van der Waals surface area (Å²) < 4.78 is 1.86. The summed E-state index contributed by atoms with van der Waals surface area (Å²) in [5.74, 6) is 0. The van der Waals surface area contributed by atoms with Crippen molar-refractivity contribution in [3.8, 4) is 10.4 Å². The predicted molar refractivity (Wildman–Crippen MR) is 91.1 cm³/mol. The predicted octanol–water partition coefficient (Wildman–Crippen LogP) is 2.75. The Kier molecular flexibility index (Phi) is 5.81. The molecule has 1 fully saturated rings. The molecular weight excluding hydrogens is 304 g/mol. The number of nitrogens with zero attached hydrogens (tertiary/aromatic N) is 3. The topological polar surface area (TPSA) is 33.1 Å². The zero-order valence-corrected chi connectivity index (χ0v) is 14.2. The minimum Gasteiger partial charge on any atom is -0.317 e. The number of aryl methyl sites for hydroxylation is 1. The average Bonchev–Trinajstić information content (AvgIpc) is 3.09. The highest BCUT2D eigenvalue weighted by molar-refractivity contribution is 7.15. The molecule has 0 saturated carbocycles.